The molecule has 1 aromatic rings. The topological polar surface area (TPSA) is 97.4 Å². The molecule has 2 aliphatic rings. The molecule has 1 aromatic heterocycles. The molecular weight excluding hydrogens is 364 g/mol. The molecule has 9 heteroatoms. The predicted molar refractivity (Wildman–Crippen MR) is 90.7 cm³/mol. The predicted octanol–water partition coefficient (Wildman–Crippen LogP) is 0.0230. The summed E-state index contributed by atoms with van der Waals surface area (Å²) in [6, 6.07) is 0.241. The van der Waals surface area contributed by atoms with Crippen LogP contribution in [-0.4, -0.2) is 73.1 Å². The number of ether oxygens (including phenoxy) is 1. The molecule has 4 N–H and O–H groups in total. The first kappa shape index (κ1) is 16.7. The van der Waals surface area contributed by atoms with E-state index in [4.69, 9.17) is 10.5 Å². The van der Waals surface area contributed by atoms with E-state index in [9.17, 15) is 4.79 Å². The van der Waals surface area contributed by atoms with E-state index in [2.05, 4.69) is 36.6 Å². The van der Waals surface area contributed by atoms with Crippen molar-refractivity contribution in [2.24, 2.45) is 5.73 Å². The maximum Gasteiger partial charge on any atom is 0.255 e. The van der Waals surface area contributed by atoms with Gasteiger partial charge in [0.05, 0.1) is 19.3 Å². The number of aromatic nitrogens is 2. The fourth-order valence-electron chi connectivity index (χ4n) is 3.06. The molecule has 2 saturated heterocycles. The van der Waals surface area contributed by atoms with Crippen molar-refractivity contribution in [3.63, 3.8) is 0 Å². The number of nitrogens with one attached hydrogen (secondary N) is 2. The summed E-state index contributed by atoms with van der Waals surface area (Å²) >= 11 is 3.36. The zero-order chi connectivity index (χ0) is 16.2. The summed E-state index contributed by atoms with van der Waals surface area (Å²) in [6.45, 7) is 6.89. The van der Waals surface area contributed by atoms with Gasteiger partial charge in [-0.2, -0.15) is 5.10 Å². The molecule has 0 unspecified atom stereocenters. The minimum absolute atomic E-state index is 0.241. The zero-order valence-electron chi connectivity index (χ0n) is 13.1. The lowest BCUT2D eigenvalue weighted by molar-refractivity contribution is 0.0398. The SMILES string of the molecule is NC(=O)c1c(Br)nn([C@H]2CCNC2)c1NCCN1CCOCC1. The van der Waals surface area contributed by atoms with Crippen LogP contribution in [0.1, 0.15) is 22.8 Å². The maximum absolute atomic E-state index is 11.8. The largest absolute Gasteiger partial charge is 0.379 e. The van der Waals surface area contributed by atoms with Gasteiger partial charge in [0.2, 0.25) is 0 Å². The quantitative estimate of drug-likeness (QED) is 0.637. The second kappa shape index (κ2) is 7.61. The fraction of sp³-hybridized carbons (Fsp3) is 0.714. The van der Waals surface area contributed by atoms with Gasteiger partial charge >= 0.3 is 0 Å². The molecule has 2 aliphatic heterocycles. The summed E-state index contributed by atoms with van der Waals surface area (Å²) in [5.74, 6) is 0.245. The van der Waals surface area contributed by atoms with Crippen LogP contribution in [0.25, 0.3) is 0 Å². The van der Waals surface area contributed by atoms with Crippen LogP contribution in [0.3, 0.4) is 0 Å². The smallest absolute Gasteiger partial charge is 0.255 e. The zero-order valence-corrected chi connectivity index (χ0v) is 14.6. The van der Waals surface area contributed by atoms with E-state index in [0.717, 1.165) is 58.9 Å². The second-order valence-electron chi connectivity index (χ2n) is 5.85. The molecule has 1 atom stereocenters. The Morgan fingerprint density at radius 3 is 2.91 bits per heavy atom. The number of nitrogens with two attached hydrogens (primary N) is 1. The van der Waals surface area contributed by atoms with Crippen LogP contribution in [0, 0.1) is 0 Å². The van der Waals surface area contributed by atoms with Crippen LogP contribution in [-0.2, 0) is 4.74 Å². The number of morpholine rings is 1. The highest BCUT2D eigenvalue weighted by Gasteiger charge is 2.26. The molecule has 0 aliphatic carbocycles. The third-order valence-electron chi connectivity index (χ3n) is 4.32. The van der Waals surface area contributed by atoms with Crippen molar-refractivity contribution in [1.29, 1.82) is 0 Å². The van der Waals surface area contributed by atoms with Gasteiger partial charge in [-0.1, -0.05) is 0 Å². The maximum atomic E-state index is 11.8. The number of primary amides is 1. The Morgan fingerprint density at radius 2 is 2.26 bits per heavy atom. The Balaban J connectivity index is 1.71. The van der Waals surface area contributed by atoms with Gasteiger partial charge in [0.1, 0.15) is 16.0 Å². The molecule has 0 saturated carbocycles. The van der Waals surface area contributed by atoms with Crippen LogP contribution in [0.15, 0.2) is 4.60 Å². The minimum atomic E-state index is -0.469. The van der Waals surface area contributed by atoms with Crippen molar-refractivity contribution < 1.29 is 9.53 Å². The number of anilines is 1. The van der Waals surface area contributed by atoms with E-state index in [1.54, 1.807) is 0 Å². The Kier molecular flexibility index (Phi) is 5.52. The van der Waals surface area contributed by atoms with E-state index < -0.39 is 5.91 Å². The summed E-state index contributed by atoms with van der Waals surface area (Å²) in [4.78, 5) is 14.1. The van der Waals surface area contributed by atoms with Crippen molar-refractivity contribution in [2.45, 2.75) is 12.5 Å². The van der Waals surface area contributed by atoms with E-state index in [1.165, 1.54) is 0 Å². The van der Waals surface area contributed by atoms with Gasteiger partial charge in [-0.15, -0.1) is 0 Å². The van der Waals surface area contributed by atoms with Gasteiger partial charge in [-0.25, -0.2) is 4.68 Å². The van der Waals surface area contributed by atoms with Crippen LogP contribution in [0.2, 0.25) is 0 Å². The van der Waals surface area contributed by atoms with E-state index in [1.807, 2.05) is 4.68 Å². The summed E-state index contributed by atoms with van der Waals surface area (Å²) in [5.41, 5.74) is 5.97. The first-order valence-electron chi connectivity index (χ1n) is 7.99. The van der Waals surface area contributed by atoms with Crippen molar-refractivity contribution in [2.75, 3.05) is 57.8 Å². The number of carbonyl (C=O) groups excluding carboxylic acids is 1. The standard InChI is InChI=1S/C14H23BrN6O2/c15-12-11(13(16)22)14(21(19-12)10-1-2-17-9-10)18-3-4-20-5-7-23-8-6-20/h10,17-18H,1-9H2,(H2,16,22)/t10-/m0/s1. The average molecular weight is 387 g/mol. The lowest BCUT2D eigenvalue weighted by Gasteiger charge is -2.27. The molecule has 0 bridgehead atoms. The summed E-state index contributed by atoms with van der Waals surface area (Å²) < 4.78 is 7.75. The van der Waals surface area contributed by atoms with E-state index in [-0.39, 0.29) is 6.04 Å². The van der Waals surface area contributed by atoms with E-state index >= 15 is 0 Å². The highest BCUT2D eigenvalue weighted by Crippen LogP contribution is 2.29. The van der Waals surface area contributed by atoms with Gasteiger partial charge in [0.15, 0.2) is 0 Å². The Labute approximate surface area is 143 Å². The van der Waals surface area contributed by atoms with Crippen LogP contribution in [0.4, 0.5) is 5.82 Å². The minimum Gasteiger partial charge on any atom is -0.379 e. The van der Waals surface area contributed by atoms with Gasteiger partial charge < -0.3 is 21.1 Å². The number of rotatable bonds is 6. The normalized spacial score (nSPS) is 22.4. The third kappa shape index (κ3) is 3.85. The number of hydrogen-bond donors (Lipinski definition) is 3. The molecule has 0 radical (unpaired) electrons. The monoisotopic (exact) mass is 386 g/mol. The fourth-order valence-corrected chi connectivity index (χ4v) is 3.62. The first-order chi connectivity index (χ1) is 11.2. The molecule has 1 amide bonds. The molecule has 3 rings (SSSR count). The highest BCUT2D eigenvalue weighted by atomic mass is 79.9. The second-order valence-corrected chi connectivity index (χ2v) is 6.60. The molecule has 0 aromatic carbocycles. The van der Waals surface area contributed by atoms with Gasteiger partial charge in [-0.3, -0.25) is 9.69 Å². The number of hydrogen-bond acceptors (Lipinski definition) is 6. The van der Waals surface area contributed by atoms with Crippen molar-refractivity contribution in [1.82, 2.24) is 20.0 Å². The van der Waals surface area contributed by atoms with Gasteiger partial charge in [0.25, 0.3) is 5.91 Å². The number of amides is 1. The van der Waals surface area contributed by atoms with Crippen LogP contribution >= 0.6 is 15.9 Å². The Hall–Kier alpha value is -1.16. The molecule has 128 valence electrons. The van der Waals surface area contributed by atoms with Crippen molar-refractivity contribution >= 4 is 27.7 Å². The van der Waals surface area contributed by atoms with Crippen LogP contribution < -0.4 is 16.4 Å². The molecular formula is C14H23BrN6O2. The van der Waals surface area contributed by atoms with Gasteiger partial charge in [-0.05, 0) is 28.9 Å². The molecule has 0 spiro atoms. The number of nitrogens with zero attached hydrogens (tertiary/aromatic N) is 3. The lowest BCUT2D eigenvalue weighted by Crippen LogP contribution is -2.39. The molecule has 23 heavy (non-hydrogen) atoms. The summed E-state index contributed by atoms with van der Waals surface area (Å²) in [5, 5.41) is 11.2. The van der Waals surface area contributed by atoms with Crippen molar-refractivity contribution in [3.05, 3.63) is 10.2 Å². The first-order valence-corrected chi connectivity index (χ1v) is 8.78. The Bertz CT molecular complexity index is 552. The summed E-state index contributed by atoms with van der Waals surface area (Å²) in [7, 11) is 0. The van der Waals surface area contributed by atoms with Gasteiger partial charge in [0, 0.05) is 32.7 Å². The summed E-state index contributed by atoms with van der Waals surface area (Å²) in [6.07, 6.45) is 0.991. The highest BCUT2D eigenvalue weighted by molar-refractivity contribution is 9.10. The Morgan fingerprint density at radius 1 is 1.48 bits per heavy atom. The molecule has 3 heterocycles. The van der Waals surface area contributed by atoms with Crippen LogP contribution in [0.5, 0.6) is 0 Å². The third-order valence-corrected chi connectivity index (χ3v) is 4.87. The molecule has 8 nitrogen and oxygen atoms in total. The number of carbonyl (C=O) groups is 1. The van der Waals surface area contributed by atoms with E-state index in [0.29, 0.717) is 16.0 Å². The van der Waals surface area contributed by atoms with Crippen molar-refractivity contribution in [3.8, 4) is 0 Å². The molecule has 2 fully saturated rings. The lowest BCUT2D eigenvalue weighted by atomic mass is 10.2. The average Bonchev–Trinajstić information content (AvgIpc) is 3.16. The number of halogens is 1.